The summed E-state index contributed by atoms with van der Waals surface area (Å²) < 4.78 is 0. The molecule has 3 nitrogen and oxygen atoms in total. The summed E-state index contributed by atoms with van der Waals surface area (Å²) in [6.07, 6.45) is 0. The Labute approximate surface area is 182 Å². The van der Waals surface area contributed by atoms with Crippen molar-refractivity contribution in [3.05, 3.63) is 99.1 Å². The van der Waals surface area contributed by atoms with Gasteiger partial charge in [-0.25, -0.2) is 4.98 Å². The van der Waals surface area contributed by atoms with Gasteiger partial charge in [-0.1, -0.05) is 41.4 Å². The summed E-state index contributed by atoms with van der Waals surface area (Å²) in [5, 5.41) is 3.71. The molecule has 0 spiro atoms. The number of nitrogens with one attached hydrogen (secondary N) is 1. The highest BCUT2D eigenvalue weighted by Crippen LogP contribution is 2.32. The number of aromatic amines is 1. The van der Waals surface area contributed by atoms with Crippen molar-refractivity contribution >= 4 is 33.8 Å². The van der Waals surface area contributed by atoms with E-state index in [0.717, 1.165) is 43.9 Å². The summed E-state index contributed by atoms with van der Waals surface area (Å²) in [5.41, 5.74) is 5.93. The van der Waals surface area contributed by atoms with Crippen molar-refractivity contribution in [2.24, 2.45) is 0 Å². The first-order valence-electron chi connectivity index (χ1n) is 9.53. The second kappa shape index (κ2) is 7.56. The highest BCUT2D eigenvalue weighted by atomic mass is 35.5. The predicted molar refractivity (Wildman–Crippen MR) is 126 cm³/mol. The number of pyridine rings is 2. The molecule has 0 radical (unpaired) electrons. The molecule has 0 aliphatic rings. The number of fused-ring (bicyclic) bond motifs is 1. The SMILES string of the molecule is Cc1ccc2[nH]c(=O)c(-c3cc(-c4ccc(Cl)cc4)nc(-c4cccs4)c3)cc2c1. The van der Waals surface area contributed by atoms with Crippen LogP contribution in [0.15, 0.2) is 83.0 Å². The van der Waals surface area contributed by atoms with Gasteiger partial charge in [-0.3, -0.25) is 4.79 Å². The first-order chi connectivity index (χ1) is 14.6. The molecule has 0 amide bonds. The monoisotopic (exact) mass is 428 g/mol. The summed E-state index contributed by atoms with van der Waals surface area (Å²) >= 11 is 7.69. The minimum atomic E-state index is -0.114. The average Bonchev–Trinajstić information content (AvgIpc) is 3.29. The molecule has 0 atom stereocenters. The van der Waals surface area contributed by atoms with Gasteiger partial charge in [0.25, 0.3) is 5.56 Å². The van der Waals surface area contributed by atoms with E-state index in [1.807, 2.05) is 79.0 Å². The van der Waals surface area contributed by atoms with E-state index in [4.69, 9.17) is 16.6 Å². The molecule has 3 heterocycles. The Hall–Kier alpha value is -3.21. The van der Waals surface area contributed by atoms with E-state index in [0.29, 0.717) is 10.6 Å². The number of rotatable bonds is 3. The number of hydrogen-bond acceptors (Lipinski definition) is 3. The van der Waals surface area contributed by atoms with Crippen molar-refractivity contribution in [2.45, 2.75) is 6.92 Å². The second-order valence-electron chi connectivity index (χ2n) is 7.21. The smallest absolute Gasteiger partial charge is 0.256 e. The van der Waals surface area contributed by atoms with Crippen LogP contribution < -0.4 is 5.56 Å². The van der Waals surface area contributed by atoms with E-state index in [1.165, 1.54) is 0 Å². The van der Waals surface area contributed by atoms with Crippen LogP contribution in [0.1, 0.15) is 5.56 Å². The Morgan fingerprint density at radius 2 is 1.70 bits per heavy atom. The summed E-state index contributed by atoms with van der Waals surface area (Å²) in [5.74, 6) is 0. The fourth-order valence-electron chi connectivity index (χ4n) is 3.55. The molecule has 146 valence electrons. The number of hydrogen-bond donors (Lipinski definition) is 1. The molecule has 0 aliphatic carbocycles. The van der Waals surface area contributed by atoms with Gasteiger partial charge in [-0.2, -0.15) is 0 Å². The molecule has 0 saturated carbocycles. The summed E-state index contributed by atoms with van der Waals surface area (Å²) in [7, 11) is 0. The number of H-pyrrole nitrogens is 1. The first-order valence-corrected chi connectivity index (χ1v) is 10.8. The molecular formula is C25H17ClN2OS. The molecule has 0 unspecified atom stereocenters. The zero-order valence-corrected chi connectivity index (χ0v) is 17.7. The zero-order valence-electron chi connectivity index (χ0n) is 16.1. The van der Waals surface area contributed by atoms with Crippen LogP contribution in [0.3, 0.4) is 0 Å². The van der Waals surface area contributed by atoms with Crippen LogP contribution >= 0.6 is 22.9 Å². The van der Waals surface area contributed by atoms with E-state index in [-0.39, 0.29) is 5.56 Å². The molecule has 30 heavy (non-hydrogen) atoms. The van der Waals surface area contributed by atoms with Gasteiger partial charge in [-0.05, 0) is 71.8 Å². The molecule has 0 bridgehead atoms. The van der Waals surface area contributed by atoms with Crippen molar-refractivity contribution in [2.75, 3.05) is 0 Å². The Balaban J connectivity index is 1.75. The highest BCUT2D eigenvalue weighted by molar-refractivity contribution is 7.13. The van der Waals surface area contributed by atoms with Crippen LogP contribution in [0, 0.1) is 6.92 Å². The normalized spacial score (nSPS) is 11.1. The molecule has 0 aliphatic heterocycles. The number of halogens is 1. The Kier molecular flexibility index (Phi) is 4.74. The van der Waals surface area contributed by atoms with Crippen molar-refractivity contribution in [1.82, 2.24) is 9.97 Å². The molecule has 1 N–H and O–H groups in total. The quantitative estimate of drug-likeness (QED) is 0.338. The van der Waals surface area contributed by atoms with Gasteiger partial charge in [0.1, 0.15) is 0 Å². The maximum atomic E-state index is 12.9. The van der Waals surface area contributed by atoms with Crippen molar-refractivity contribution in [1.29, 1.82) is 0 Å². The second-order valence-corrected chi connectivity index (χ2v) is 8.60. The topological polar surface area (TPSA) is 45.8 Å². The molecule has 2 aromatic carbocycles. The molecule has 5 aromatic rings. The summed E-state index contributed by atoms with van der Waals surface area (Å²) in [6, 6.07) is 23.6. The molecule has 0 saturated heterocycles. The lowest BCUT2D eigenvalue weighted by molar-refractivity contribution is 1.29. The van der Waals surface area contributed by atoms with Crippen LogP contribution in [0.2, 0.25) is 5.02 Å². The van der Waals surface area contributed by atoms with E-state index >= 15 is 0 Å². The lowest BCUT2D eigenvalue weighted by Crippen LogP contribution is -2.09. The highest BCUT2D eigenvalue weighted by Gasteiger charge is 2.13. The van der Waals surface area contributed by atoms with E-state index in [9.17, 15) is 4.79 Å². The first kappa shape index (κ1) is 18.8. The van der Waals surface area contributed by atoms with Crippen molar-refractivity contribution in [3.8, 4) is 33.0 Å². The summed E-state index contributed by atoms with van der Waals surface area (Å²) in [4.78, 5) is 21.9. The molecule has 5 heteroatoms. The molecule has 0 fully saturated rings. The van der Waals surface area contributed by atoms with Crippen LogP contribution in [-0.4, -0.2) is 9.97 Å². The maximum absolute atomic E-state index is 12.9. The lowest BCUT2D eigenvalue weighted by Gasteiger charge is -2.10. The van der Waals surface area contributed by atoms with Gasteiger partial charge < -0.3 is 4.98 Å². The van der Waals surface area contributed by atoms with Gasteiger partial charge in [-0.15, -0.1) is 11.3 Å². The average molecular weight is 429 g/mol. The van der Waals surface area contributed by atoms with Crippen molar-refractivity contribution in [3.63, 3.8) is 0 Å². The Morgan fingerprint density at radius 3 is 2.47 bits per heavy atom. The third kappa shape index (κ3) is 3.56. The molecule has 3 aromatic heterocycles. The number of benzene rings is 2. The maximum Gasteiger partial charge on any atom is 0.256 e. The minimum Gasteiger partial charge on any atom is -0.321 e. The fourth-order valence-corrected chi connectivity index (χ4v) is 4.36. The van der Waals surface area contributed by atoms with E-state index < -0.39 is 0 Å². The number of nitrogens with zero attached hydrogens (tertiary/aromatic N) is 1. The predicted octanol–water partition coefficient (Wildman–Crippen LogP) is 6.95. The molecule has 5 rings (SSSR count). The molecular weight excluding hydrogens is 412 g/mol. The van der Waals surface area contributed by atoms with Gasteiger partial charge in [0.05, 0.1) is 16.3 Å². The van der Waals surface area contributed by atoms with Crippen LogP contribution in [0.5, 0.6) is 0 Å². The third-order valence-electron chi connectivity index (χ3n) is 5.05. The number of aromatic nitrogens is 2. The van der Waals surface area contributed by atoms with Gasteiger partial charge in [0, 0.05) is 21.7 Å². The van der Waals surface area contributed by atoms with Gasteiger partial charge in [0.15, 0.2) is 0 Å². The van der Waals surface area contributed by atoms with Gasteiger partial charge >= 0.3 is 0 Å². The standard InChI is InChI=1S/C25H17ClN2OS/c1-15-4-9-21-18(11-15)12-20(25(29)28-21)17-13-22(16-5-7-19(26)8-6-16)27-23(14-17)24-3-2-10-30-24/h2-14H,1H3,(H,28,29). The number of thiophene rings is 1. The van der Waals surface area contributed by atoms with Gasteiger partial charge in [0.2, 0.25) is 0 Å². The summed E-state index contributed by atoms with van der Waals surface area (Å²) in [6.45, 7) is 2.05. The van der Waals surface area contributed by atoms with Crippen LogP contribution in [-0.2, 0) is 0 Å². The lowest BCUT2D eigenvalue weighted by atomic mass is 10.0. The minimum absolute atomic E-state index is 0.114. The number of aryl methyl sites for hydroxylation is 1. The third-order valence-corrected chi connectivity index (χ3v) is 6.19. The van der Waals surface area contributed by atoms with E-state index in [1.54, 1.807) is 11.3 Å². The van der Waals surface area contributed by atoms with Crippen molar-refractivity contribution < 1.29 is 0 Å². The van der Waals surface area contributed by atoms with Crippen LogP contribution in [0.25, 0.3) is 43.9 Å². The van der Waals surface area contributed by atoms with E-state index in [2.05, 4.69) is 11.1 Å². The zero-order chi connectivity index (χ0) is 20.7. The Morgan fingerprint density at radius 1 is 0.900 bits per heavy atom. The fraction of sp³-hybridized carbons (Fsp3) is 0.0400. The largest absolute Gasteiger partial charge is 0.321 e. The Bertz CT molecular complexity index is 1420. The van der Waals surface area contributed by atoms with Crippen LogP contribution in [0.4, 0.5) is 0 Å².